The highest BCUT2D eigenvalue weighted by atomic mass is 32.3. The normalized spacial score (nSPS) is 15.7. The first-order valence-electron chi connectivity index (χ1n) is 3.72. The molecule has 0 aromatic heterocycles. The molecule has 0 amide bonds. The van der Waals surface area contributed by atoms with Crippen LogP contribution in [0.25, 0.3) is 0 Å². The lowest BCUT2D eigenvalue weighted by atomic mass is 10.1. The Kier molecular flexibility index (Phi) is 5.54. The highest BCUT2D eigenvalue weighted by Gasteiger charge is 2.27. The fourth-order valence-corrected chi connectivity index (χ4v) is 1.26. The maximum atomic E-state index is 10.6. The van der Waals surface area contributed by atoms with Gasteiger partial charge in [0.1, 0.15) is 12.2 Å². The number of hydrogen-bond donors (Lipinski definition) is 3. The van der Waals surface area contributed by atoms with Crippen LogP contribution in [0.2, 0.25) is 0 Å². The van der Waals surface area contributed by atoms with Gasteiger partial charge in [-0.2, -0.15) is 8.42 Å². The number of Topliss-reactive ketones (excluding diaryl/α,β-unsaturated/α-hetero) is 1. The molecule has 15 heavy (non-hydrogen) atoms. The van der Waals surface area contributed by atoms with Gasteiger partial charge in [-0.05, 0) is 0 Å². The highest BCUT2D eigenvalue weighted by Crippen LogP contribution is 2.08. The molecule has 0 aromatic carbocycles. The van der Waals surface area contributed by atoms with Gasteiger partial charge >= 0.3 is 10.4 Å². The Morgan fingerprint density at radius 3 is 2.33 bits per heavy atom. The summed E-state index contributed by atoms with van der Waals surface area (Å²) in [7, 11) is -4.87. The second kappa shape index (κ2) is 5.88. The fraction of sp³-hybridized carbons (Fsp3) is 0.667. The maximum absolute atomic E-state index is 10.6. The lowest BCUT2D eigenvalue weighted by molar-refractivity contribution is -0.132. The molecule has 0 aliphatic carbocycles. The summed E-state index contributed by atoms with van der Waals surface area (Å²) in [4.78, 5) is 20.6. The SMILES string of the molecule is O=CC(=O)C[C@H](OS(=O)(=O)O)[C@H](O)CO. The summed E-state index contributed by atoms with van der Waals surface area (Å²) in [6.07, 6.45) is -4.24. The molecule has 0 saturated heterocycles. The van der Waals surface area contributed by atoms with Crippen molar-refractivity contribution < 1.29 is 37.0 Å². The third-order valence-electron chi connectivity index (χ3n) is 1.40. The molecule has 0 radical (unpaired) electrons. The molecule has 0 saturated carbocycles. The first-order chi connectivity index (χ1) is 6.80. The number of aliphatic hydroxyl groups excluding tert-OH is 2. The van der Waals surface area contributed by atoms with Gasteiger partial charge in [0.15, 0.2) is 12.1 Å². The molecular formula is C6H10O8S. The smallest absolute Gasteiger partial charge is 0.394 e. The fourth-order valence-electron chi connectivity index (χ4n) is 0.754. The van der Waals surface area contributed by atoms with Crippen molar-refractivity contribution in [3.63, 3.8) is 0 Å². The quantitative estimate of drug-likeness (QED) is 0.257. The Hall–Kier alpha value is -0.870. The van der Waals surface area contributed by atoms with Gasteiger partial charge in [0.05, 0.1) is 6.61 Å². The van der Waals surface area contributed by atoms with Crippen molar-refractivity contribution in [1.82, 2.24) is 0 Å². The lowest BCUT2D eigenvalue weighted by Crippen LogP contribution is -2.36. The molecule has 0 rings (SSSR count). The predicted octanol–water partition coefficient (Wildman–Crippen LogP) is -2.31. The summed E-state index contributed by atoms with van der Waals surface area (Å²) >= 11 is 0. The minimum Gasteiger partial charge on any atom is -0.394 e. The molecule has 9 heteroatoms. The van der Waals surface area contributed by atoms with E-state index in [1.54, 1.807) is 0 Å². The Balaban J connectivity index is 4.59. The number of carbonyl (C=O) groups is 2. The number of carbonyl (C=O) groups excluding carboxylic acids is 2. The van der Waals surface area contributed by atoms with Crippen LogP contribution in [-0.2, 0) is 24.2 Å². The van der Waals surface area contributed by atoms with E-state index >= 15 is 0 Å². The van der Waals surface area contributed by atoms with Crippen molar-refractivity contribution in [3.05, 3.63) is 0 Å². The van der Waals surface area contributed by atoms with Crippen LogP contribution in [0.3, 0.4) is 0 Å². The van der Waals surface area contributed by atoms with E-state index in [9.17, 15) is 18.0 Å². The van der Waals surface area contributed by atoms with Crippen LogP contribution in [0, 0.1) is 0 Å². The summed E-state index contributed by atoms with van der Waals surface area (Å²) in [6, 6.07) is 0. The summed E-state index contributed by atoms with van der Waals surface area (Å²) in [5, 5.41) is 17.5. The predicted molar refractivity (Wildman–Crippen MR) is 45.2 cm³/mol. The van der Waals surface area contributed by atoms with E-state index in [0.717, 1.165) is 0 Å². The number of rotatable bonds is 7. The van der Waals surface area contributed by atoms with Gasteiger partial charge in [0, 0.05) is 6.42 Å². The van der Waals surface area contributed by atoms with Gasteiger partial charge in [0.2, 0.25) is 0 Å². The Labute approximate surface area is 85.4 Å². The maximum Gasteiger partial charge on any atom is 0.397 e. The van der Waals surface area contributed by atoms with E-state index in [0.29, 0.717) is 0 Å². The molecule has 0 fully saturated rings. The molecule has 3 N–H and O–H groups in total. The van der Waals surface area contributed by atoms with Crippen LogP contribution in [0.15, 0.2) is 0 Å². The standard InChI is InChI=1S/C6H10O8S/c7-2-4(9)1-6(5(10)3-8)14-15(11,12)13/h2,5-6,8,10H,1,3H2,(H,11,12,13)/t5-,6+/m1/s1. The zero-order valence-corrected chi connectivity index (χ0v) is 8.25. The summed E-state index contributed by atoms with van der Waals surface area (Å²) in [5.74, 6) is -1.03. The second-order valence-electron chi connectivity index (χ2n) is 2.60. The summed E-state index contributed by atoms with van der Waals surface area (Å²) in [5.41, 5.74) is 0. The van der Waals surface area contributed by atoms with Crippen molar-refractivity contribution in [3.8, 4) is 0 Å². The Morgan fingerprint density at radius 1 is 1.47 bits per heavy atom. The van der Waals surface area contributed by atoms with Gasteiger partial charge in [-0.3, -0.25) is 14.1 Å². The van der Waals surface area contributed by atoms with E-state index in [1.165, 1.54) is 0 Å². The molecule has 2 atom stereocenters. The lowest BCUT2D eigenvalue weighted by Gasteiger charge is -2.17. The van der Waals surface area contributed by atoms with Crippen LogP contribution >= 0.6 is 0 Å². The monoisotopic (exact) mass is 242 g/mol. The molecule has 8 nitrogen and oxygen atoms in total. The van der Waals surface area contributed by atoms with Crippen molar-refractivity contribution in [2.45, 2.75) is 18.6 Å². The molecule has 0 bridgehead atoms. The van der Waals surface area contributed by atoms with Gasteiger partial charge in [-0.1, -0.05) is 0 Å². The molecule has 88 valence electrons. The highest BCUT2D eigenvalue weighted by molar-refractivity contribution is 7.80. The van der Waals surface area contributed by atoms with E-state index in [2.05, 4.69) is 4.18 Å². The zero-order valence-electron chi connectivity index (χ0n) is 7.44. The first-order valence-corrected chi connectivity index (χ1v) is 5.09. The van der Waals surface area contributed by atoms with Crippen molar-refractivity contribution in [2.24, 2.45) is 0 Å². The zero-order chi connectivity index (χ0) is 12.1. The van der Waals surface area contributed by atoms with Gasteiger partial charge < -0.3 is 10.2 Å². The second-order valence-corrected chi connectivity index (χ2v) is 3.65. The van der Waals surface area contributed by atoms with E-state index in [-0.39, 0.29) is 6.29 Å². The van der Waals surface area contributed by atoms with Crippen LogP contribution < -0.4 is 0 Å². The first kappa shape index (κ1) is 14.1. The van der Waals surface area contributed by atoms with Crippen molar-refractivity contribution in [1.29, 1.82) is 0 Å². The average Bonchev–Trinajstić information content (AvgIpc) is 2.13. The molecular weight excluding hydrogens is 232 g/mol. The van der Waals surface area contributed by atoms with Crippen molar-refractivity contribution >= 4 is 22.5 Å². The Morgan fingerprint density at radius 2 is 2.00 bits per heavy atom. The minimum atomic E-state index is -4.87. The molecule has 0 unspecified atom stereocenters. The number of aldehydes is 1. The molecule has 0 aliphatic rings. The Bertz CT molecular complexity index is 320. The molecule has 0 aliphatic heterocycles. The van der Waals surface area contributed by atoms with E-state index in [4.69, 9.17) is 14.8 Å². The van der Waals surface area contributed by atoms with E-state index in [1.807, 2.05) is 0 Å². The number of aliphatic hydroxyl groups is 2. The summed E-state index contributed by atoms with van der Waals surface area (Å²) < 4.78 is 32.7. The average molecular weight is 242 g/mol. The minimum absolute atomic E-state index is 0.0928. The number of ketones is 1. The van der Waals surface area contributed by atoms with Crippen molar-refractivity contribution in [2.75, 3.05) is 6.61 Å². The van der Waals surface area contributed by atoms with Crippen LogP contribution in [0.4, 0.5) is 0 Å². The summed E-state index contributed by atoms with van der Waals surface area (Å²) in [6.45, 7) is -0.883. The topological polar surface area (TPSA) is 138 Å². The number of hydrogen-bond acceptors (Lipinski definition) is 7. The van der Waals surface area contributed by atoms with Gasteiger partial charge in [-0.25, -0.2) is 4.18 Å². The van der Waals surface area contributed by atoms with Crippen LogP contribution in [-0.4, -0.2) is 54.1 Å². The van der Waals surface area contributed by atoms with E-state index < -0.39 is 41.4 Å². The molecule has 0 aromatic rings. The van der Waals surface area contributed by atoms with Crippen LogP contribution in [0.1, 0.15) is 6.42 Å². The molecule has 0 heterocycles. The third-order valence-corrected chi connectivity index (χ3v) is 1.89. The van der Waals surface area contributed by atoms with Crippen LogP contribution in [0.5, 0.6) is 0 Å². The third kappa shape index (κ3) is 6.25. The van der Waals surface area contributed by atoms with Gasteiger partial charge in [0.25, 0.3) is 0 Å². The largest absolute Gasteiger partial charge is 0.397 e. The molecule has 0 spiro atoms. The van der Waals surface area contributed by atoms with Gasteiger partial charge in [-0.15, -0.1) is 0 Å².